The number of hydrogen-bond donors (Lipinski definition) is 2. The summed E-state index contributed by atoms with van der Waals surface area (Å²) in [4.78, 5) is 0. The van der Waals surface area contributed by atoms with Crippen LogP contribution in [0.5, 0.6) is 5.75 Å². The molecule has 0 spiro atoms. The van der Waals surface area contributed by atoms with Crippen molar-refractivity contribution in [1.82, 2.24) is 5.32 Å². The Balaban J connectivity index is 2.39. The molecule has 15 heavy (non-hydrogen) atoms. The molecule has 1 aromatic carbocycles. The van der Waals surface area contributed by atoms with Crippen molar-refractivity contribution in [2.75, 3.05) is 13.1 Å². The van der Waals surface area contributed by atoms with Crippen LogP contribution in [0.3, 0.4) is 0 Å². The lowest BCUT2D eigenvalue weighted by Crippen LogP contribution is -2.08. The minimum atomic E-state index is 0.241. The van der Waals surface area contributed by atoms with Crippen molar-refractivity contribution in [2.24, 2.45) is 5.92 Å². The number of aromatic hydroxyl groups is 1. The number of hydrogen-bond acceptors (Lipinski definition) is 2. The number of nitrogens with one attached hydrogen (secondary N) is 1. The van der Waals surface area contributed by atoms with Gasteiger partial charge in [0.2, 0.25) is 0 Å². The van der Waals surface area contributed by atoms with Crippen molar-refractivity contribution in [1.29, 1.82) is 0 Å². The lowest BCUT2D eigenvalue weighted by molar-refractivity contribution is 0.452. The third kappa shape index (κ3) is 2.07. The average Bonchev–Trinajstić information content (AvgIpc) is 2.58. The fourth-order valence-electron chi connectivity index (χ4n) is 2.08. The van der Waals surface area contributed by atoms with Crippen LogP contribution in [0, 0.1) is 5.92 Å². The summed E-state index contributed by atoms with van der Waals surface area (Å²) >= 11 is 11.8. The summed E-state index contributed by atoms with van der Waals surface area (Å²) in [6.07, 6.45) is 0. The monoisotopic (exact) mass is 245 g/mol. The Kier molecular flexibility index (Phi) is 3.10. The van der Waals surface area contributed by atoms with Crippen molar-refractivity contribution >= 4 is 23.2 Å². The van der Waals surface area contributed by atoms with Gasteiger partial charge in [0.05, 0.1) is 10.0 Å². The van der Waals surface area contributed by atoms with E-state index >= 15 is 0 Å². The van der Waals surface area contributed by atoms with Gasteiger partial charge in [-0.15, -0.1) is 0 Å². The molecule has 2 nitrogen and oxygen atoms in total. The van der Waals surface area contributed by atoms with Crippen molar-refractivity contribution < 1.29 is 5.11 Å². The second kappa shape index (κ2) is 4.20. The molecule has 1 heterocycles. The summed E-state index contributed by atoms with van der Waals surface area (Å²) < 4.78 is 0. The van der Waals surface area contributed by atoms with Gasteiger partial charge >= 0.3 is 0 Å². The molecule has 4 heteroatoms. The summed E-state index contributed by atoms with van der Waals surface area (Å²) in [7, 11) is 0. The maximum atomic E-state index is 9.82. The highest BCUT2D eigenvalue weighted by molar-refractivity contribution is 6.42. The van der Waals surface area contributed by atoms with E-state index in [0.717, 1.165) is 18.7 Å². The molecule has 2 atom stereocenters. The van der Waals surface area contributed by atoms with E-state index in [1.165, 1.54) is 6.07 Å². The molecule has 82 valence electrons. The van der Waals surface area contributed by atoms with Crippen LogP contribution < -0.4 is 5.32 Å². The highest BCUT2D eigenvalue weighted by atomic mass is 35.5. The molecule has 1 fully saturated rings. The van der Waals surface area contributed by atoms with Gasteiger partial charge in [0.15, 0.2) is 0 Å². The highest BCUT2D eigenvalue weighted by Crippen LogP contribution is 2.38. The molecule has 1 aromatic rings. The molecule has 0 aromatic heterocycles. The normalized spacial score (nSPS) is 25.8. The fraction of sp³-hybridized carbons (Fsp3) is 0.455. The maximum absolute atomic E-state index is 9.82. The van der Waals surface area contributed by atoms with Crippen LogP contribution in [-0.2, 0) is 0 Å². The van der Waals surface area contributed by atoms with E-state index < -0.39 is 0 Å². The molecule has 2 rings (SSSR count). The average molecular weight is 246 g/mol. The Labute approximate surface area is 99.2 Å². The van der Waals surface area contributed by atoms with Crippen LogP contribution in [-0.4, -0.2) is 18.2 Å². The molecule has 1 aliphatic heterocycles. The molecular weight excluding hydrogens is 233 g/mol. The molecule has 2 N–H and O–H groups in total. The van der Waals surface area contributed by atoms with Gasteiger partial charge in [-0.05, 0) is 18.5 Å². The minimum Gasteiger partial charge on any atom is -0.508 e. The van der Waals surface area contributed by atoms with Crippen LogP contribution in [0.25, 0.3) is 0 Å². The lowest BCUT2D eigenvalue weighted by Gasteiger charge is -2.16. The Morgan fingerprint density at radius 1 is 1.27 bits per heavy atom. The van der Waals surface area contributed by atoms with Crippen molar-refractivity contribution in [3.8, 4) is 5.75 Å². The third-order valence-corrected chi connectivity index (χ3v) is 3.71. The molecule has 0 amide bonds. The molecular formula is C11H13Cl2NO. The van der Waals surface area contributed by atoms with Crippen LogP contribution in [0.4, 0.5) is 0 Å². The van der Waals surface area contributed by atoms with Crippen LogP contribution in [0.2, 0.25) is 10.0 Å². The highest BCUT2D eigenvalue weighted by Gasteiger charge is 2.27. The minimum absolute atomic E-state index is 0.241. The molecule has 1 aliphatic rings. The predicted molar refractivity (Wildman–Crippen MR) is 62.9 cm³/mol. The molecule has 0 aliphatic carbocycles. The van der Waals surface area contributed by atoms with Gasteiger partial charge in [-0.25, -0.2) is 0 Å². The van der Waals surface area contributed by atoms with Gasteiger partial charge in [-0.3, -0.25) is 0 Å². The number of phenolic OH excluding ortho intramolecular Hbond substituents is 1. The Morgan fingerprint density at radius 2 is 1.93 bits per heavy atom. The first-order valence-corrected chi connectivity index (χ1v) is 5.74. The lowest BCUT2D eigenvalue weighted by atomic mass is 9.90. The van der Waals surface area contributed by atoms with Gasteiger partial charge < -0.3 is 10.4 Å². The summed E-state index contributed by atoms with van der Waals surface area (Å²) in [6.45, 7) is 4.02. The van der Waals surface area contributed by atoms with E-state index in [1.807, 2.05) is 0 Å². The molecule has 0 saturated carbocycles. The first-order chi connectivity index (χ1) is 7.09. The first kappa shape index (κ1) is 11.1. The first-order valence-electron chi connectivity index (χ1n) is 4.98. The van der Waals surface area contributed by atoms with E-state index in [-0.39, 0.29) is 5.75 Å². The molecule has 2 unspecified atom stereocenters. The SMILES string of the molecule is CC1CNCC1c1cc(Cl)c(Cl)cc1O. The number of benzene rings is 1. The number of phenols is 1. The van der Waals surface area contributed by atoms with E-state index in [2.05, 4.69) is 12.2 Å². The molecule has 0 radical (unpaired) electrons. The summed E-state index contributed by atoms with van der Waals surface area (Å²) in [5, 5.41) is 14.0. The van der Waals surface area contributed by atoms with Gasteiger partial charge in [-0.1, -0.05) is 30.1 Å². The van der Waals surface area contributed by atoms with E-state index in [4.69, 9.17) is 23.2 Å². The summed E-state index contributed by atoms with van der Waals surface area (Å²) in [5.41, 5.74) is 0.891. The zero-order valence-electron chi connectivity index (χ0n) is 8.43. The largest absolute Gasteiger partial charge is 0.508 e. The van der Waals surface area contributed by atoms with E-state index in [1.54, 1.807) is 6.07 Å². The summed E-state index contributed by atoms with van der Waals surface area (Å²) in [6, 6.07) is 3.29. The number of rotatable bonds is 1. The van der Waals surface area contributed by atoms with E-state index in [0.29, 0.717) is 21.9 Å². The van der Waals surface area contributed by atoms with E-state index in [9.17, 15) is 5.11 Å². The zero-order chi connectivity index (χ0) is 11.0. The van der Waals surface area contributed by atoms with Crippen LogP contribution >= 0.6 is 23.2 Å². The zero-order valence-corrected chi connectivity index (χ0v) is 9.94. The number of halogens is 2. The molecule has 1 saturated heterocycles. The topological polar surface area (TPSA) is 32.3 Å². The van der Waals surface area contributed by atoms with Gasteiger partial charge in [0.1, 0.15) is 5.75 Å². The van der Waals surface area contributed by atoms with Crippen molar-refractivity contribution in [3.05, 3.63) is 27.7 Å². The second-order valence-corrected chi connectivity index (χ2v) is 4.88. The Bertz CT molecular complexity index is 381. The summed E-state index contributed by atoms with van der Waals surface area (Å²) in [5.74, 6) is 1.07. The molecule has 0 bridgehead atoms. The fourth-order valence-corrected chi connectivity index (χ4v) is 2.41. The Hall–Kier alpha value is -0.440. The Morgan fingerprint density at radius 3 is 2.53 bits per heavy atom. The quantitative estimate of drug-likeness (QED) is 0.798. The maximum Gasteiger partial charge on any atom is 0.120 e. The van der Waals surface area contributed by atoms with Crippen LogP contribution in [0.15, 0.2) is 12.1 Å². The van der Waals surface area contributed by atoms with Crippen molar-refractivity contribution in [3.63, 3.8) is 0 Å². The second-order valence-electron chi connectivity index (χ2n) is 4.07. The van der Waals surface area contributed by atoms with Gasteiger partial charge in [0, 0.05) is 24.1 Å². The standard InChI is InChI=1S/C11H13Cl2NO/c1-6-4-14-5-8(6)7-2-9(12)10(13)3-11(7)15/h2-3,6,8,14-15H,4-5H2,1H3. The van der Waals surface area contributed by atoms with Gasteiger partial charge in [-0.2, -0.15) is 0 Å². The third-order valence-electron chi connectivity index (χ3n) is 2.99. The predicted octanol–water partition coefficient (Wildman–Crippen LogP) is 3.02. The smallest absolute Gasteiger partial charge is 0.120 e. The van der Waals surface area contributed by atoms with Gasteiger partial charge in [0.25, 0.3) is 0 Å². The van der Waals surface area contributed by atoms with Crippen LogP contribution in [0.1, 0.15) is 18.4 Å². The van der Waals surface area contributed by atoms with Crippen molar-refractivity contribution in [2.45, 2.75) is 12.8 Å².